The van der Waals surface area contributed by atoms with Crippen molar-refractivity contribution in [2.45, 2.75) is 32.6 Å². The molecule has 29 heavy (non-hydrogen) atoms. The van der Waals surface area contributed by atoms with Crippen LogP contribution in [-0.4, -0.2) is 27.5 Å². The van der Waals surface area contributed by atoms with E-state index in [0.717, 1.165) is 55.4 Å². The molecule has 2 aromatic carbocycles. The van der Waals surface area contributed by atoms with E-state index in [4.69, 9.17) is 0 Å². The van der Waals surface area contributed by atoms with Crippen molar-refractivity contribution in [2.75, 3.05) is 18.0 Å². The van der Waals surface area contributed by atoms with E-state index in [0.29, 0.717) is 13.1 Å². The van der Waals surface area contributed by atoms with Gasteiger partial charge >= 0.3 is 0 Å². The molecule has 5 nitrogen and oxygen atoms in total. The van der Waals surface area contributed by atoms with E-state index in [1.807, 2.05) is 24.3 Å². The molecule has 0 saturated carbocycles. The average Bonchev–Trinajstić information content (AvgIpc) is 3.11. The molecule has 2 aliphatic heterocycles. The molecule has 0 fully saturated rings. The largest absolute Gasteiger partial charge is 0.336 e. The number of halogens is 1. The van der Waals surface area contributed by atoms with Crippen molar-refractivity contribution >= 4 is 5.95 Å². The summed E-state index contributed by atoms with van der Waals surface area (Å²) < 4.78 is 15.7. The summed E-state index contributed by atoms with van der Waals surface area (Å²) >= 11 is 0. The molecule has 0 atom stereocenters. The SMILES string of the molecule is O=c1nc2n(c3c1CN(Cc1ccccc1)CC3)CCN2Cc1cccc(F)c1. The van der Waals surface area contributed by atoms with Gasteiger partial charge in [0.2, 0.25) is 5.95 Å². The summed E-state index contributed by atoms with van der Waals surface area (Å²) in [7, 11) is 0. The Morgan fingerprint density at radius 1 is 0.931 bits per heavy atom. The fraction of sp³-hybridized carbons (Fsp3) is 0.304. The lowest BCUT2D eigenvalue weighted by molar-refractivity contribution is 0.239. The molecule has 0 spiro atoms. The van der Waals surface area contributed by atoms with Crippen LogP contribution in [0.15, 0.2) is 59.4 Å². The number of hydrogen-bond acceptors (Lipinski definition) is 4. The van der Waals surface area contributed by atoms with Gasteiger partial charge in [0.25, 0.3) is 5.56 Å². The molecule has 148 valence electrons. The summed E-state index contributed by atoms with van der Waals surface area (Å²) in [5.74, 6) is 0.477. The van der Waals surface area contributed by atoms with Gasteiger partial charge < -0.3 is 9.47 Å². The summed E-state index contributed by atoms with van der Waals surface area (Å²) in [5, 5.41) is 0. The summed E-state index contributed by atoms with van der Waals surface area (Å²) in [6, 6.07) is 17.0. The lowest BCUT2D eigenvalue weighted by Crippen LogP contribution is -2.37. The highest BCUT2D eigenvalue weighted by Gasteiger charge is 2.29. The van der Waals surface area contributed by atoms with Crippen LogP contribution in [0.4, 0.5) is 10.3 Å². The van der Waals surface area contributed by atoms with Crippen molar-refractivity contribution < 1.29 is 4.39 Å². The molecular weight excluding hydrogens is 367 g/mol. The molecule has 3 heterocycles. The van der Waals surface area contributed by atoms with E-state index in [1.165, 1.54) is 11.6 Å². The highest BCUT2D eigenvalue weighted by Crippen LogP contribution is 2.26. The lowest BCUT2D eigenvalue weighted by Gasteiger charge is -2.30. The van der Waals surface area contributed by atoms with Crippen LogP contribution in [0, 0.1) is 5.82 Å². The number of rotatable bonds is 4. The molecule has 0 N–H and O–H groups in total. The van der Waals surface area contributed by atoms with Gasteiger partial charge in [-0.2, -0.15) is 4.98 Å². The predicted octanol–water partition coefficient (Wildman–Crippen LogP) is 2.96. The van der Waals surface area contributed by atoms with Crippen molar-refractivity contribution in [2.24, 2.45) is 0 Å². The predicted molar refractivity (Wildman–Crippen MR) is 110 cm³/mol. The van der Waals surface area contributed by atoms with E-state index >= 15 is 0 Å². The highest BCUT2D eigenvalue weighted by atomic mass is 19.1. The van der Waals surface area contributed by atoms with E-state index in [2.05, 4.69) is 31.5 Å². The number of hydrogen-bond donors (Lipinski definition) is 0. The quantitative estimate of drug-likeness (QED) is 0.687. The second-order valence-corrected chi connectivity index (χ2v) is 7.79. The minimum absolute atomic E-state index is 0.129. The van der Waals surface area contributed by atoms with Gasteiger partial charge in [-0.15, -0.1) is 0 Å². The van der Waals surface area contributed by atoms with Crippen molar-refractivity contribution in [3.8, 4) is 0 Å². The van der Waals surface area contributed by atoms with Gasteiger partial charge in [0.15, 0.2) is 0 Å². The lowest BCUT2D eigenvalue weighted by atomic mass is 10.1. The zero-order chi connectivity index (χ0) is 19.8. The van der Waals surface area contributed by atoms with Crippen LogP contribution in [0.5, 0.6) is 0 Å². The molecule has 0 saturated heterocycles. The number of fused-ring (bicyclic) bond motifs is 3. The molecule has 0 amide bonds. The number of nitrogens with zero attached hydrogens (tertiary/aromatic N) is 4. The van der Waals surface area contributed by atoms with Gasteiger partial charge in [-0.1, -0.05) is 42.5 Å². The third-order valence-corrected chi connectivity index (χ3v) is 5.81. The van der Waals surface area contributed by atoms with Gasteiger partial charge in [-0.25, -0.2) is 4.39 Å². The Bertz CT molecular complexity index is 1100. The van der Waals surface area contributed by atoms with Crippen LogP contribution in [0.25, 0.3) is 0 Å². The van der Waals surface area contributed by atoms with E-state index in [-0.39, 0.29) is 11.4 Å². The minimum Gasteiger partial charge on any atom is -0.336 e. The van der Waals surface area contributed by atoms with E-state index < -0.39 is 0 Å². The maximum atomic E-state index is 13.5. The third-order valence-electron chi connectivity index (χ3n) is 5.81. The Kier molecular flexibility index (Phi) is 4.64. The molecule has 0 aliphatic carbocycles. The molecule has 1 aromatic heterocycles. The summed E-state index contributed by atoms with van der Waals surface area (Å²) in [4.78, 5) is 21.6. The Morgan fingerprint density at radius 3 is 2.59 bits per heavy atom. The Balaban J connectivity index is 1.39. The summed E-state index contributed by atoms with van der Waals surface area (Å²) in [6.07, 6.45) is 0.848. The van der Waals surface area contributed by atoms with Crippen molar-refractivity contribution in [3.63, 3.8) is 0 Å². The summed E-state index contributed by atoms with van der Waals surface area (Å²) in [6.45, 7) is 4.57. The first-order valence-electron chi connectivity index (χ1n) is 10.1. The molecule has 2 aliphatic rings. The molecular formula is C23H23FN4O. The molecule has 6 heteroatoms. The topological polar surface area (TPSA) is 41.4 Å². The van der Waals surface area contributed by atoms with Crippen molar-refractivity contribution in [3.05, 3.63) is 93.2 Å². The molecule has 0 unspecified atom stereocenters. The minimum atomic E-state index is -0.240. The first-order valence-corrected chi connectivity index (χ1v) is 10.1. The van der Waals surface area contributed by atoms with Crippen LogP contribution in [-0.2, 0) is 32.6 Å². The van der Waals surface area contributed by atoms with Crippen LogP contribution in [0.2, 0.25) is 0 Å². The molecule has 0 bridgehead atoms. The highest BCUT2D eigenvalue weighted by molar-refractivity contribution is 5.41. The smallest absolute Gasteiger partial charge is 0.279 e. The zero-order valence-electron chi connectivity index (χ0n) is 16.2. The first kappa shape index (κ1) is 18.1. The first-order chi connectivity index (χ1) is 14.2. The normalized spacial score (nSPS) is 16.0. The maximum Gasteiger partial charge on any atom is 0.279 e. The number of aromatic nitrogens is 2. The second-order valence-electron chi connectivity index (χ2n) is 7.79. The van der Waals surface area contributed by atoms with Gasteiger partial charge in [0.1, 0.15) is 5.82 Å². The van der Waals surface area contributed by atoms with Gasteiger partial charge in [0.05, 0.1) is 5.56 Å². The summed E-state index contributed by atoms with van der Waals surface area (Å²) in [5.41, 5.74) is 3.95. The second kappa shape index (κ2) is 7.44. The Hall–Kier alpha value is -2.99. The number of anilines is 1. The van der Waals surface area contributed by atoms with Gasteiger partial charge in [0, 0.05) is 51.4 Å². The van der Waals surface area contributed by atoms with E-state index in [1.54, 1.807) is 12.1 Å². The molecule has 0 radical (unpaired) electrons. The molecule has 5 rings (SSSR count). The fourth-order valence-electron chi connectivity index (χ4n) is 4.42. The van der Waals surface area contributed by atoms with Gasteiger partial charge in [-0.05, 0) is 23.3 Å². The molecule has 3 aromatic rings. The maximum absolute atomic E-state index is 13.5. The van der Waals surface area contributed by atoms with Crippen LogP contribution in [0.3, 0.4) is 0 Å². The van der Waals surface area contributed by atoms with Crippen molar-refractivity contribution in [1.29, 1.82) is 0 Å². The fourth-order valence-corrected chi connectivity index (χ4v) is 4.42. The van der Waals surface area contributed by atoms with E-state index in [9.17, 15) is 9.18 Å². The van der Waals surface area contributed by atoms with Crippen LogP contribution < -0.4 is 10.5 Å². The average molecular weight is 390 g/mol. The third kappa shape index (κ3) is 3.56. The Morgan fingerprint density at radius 2 is 1.76 bits per heavy atom. The standard InChI is InChI=1S/C23H23FN4O/c24-19-8-4-7-18(13-19)15-27-11-12-28-21-9-10-26(14-17-5-2-1-3-6-17)16-20(21)22(29)25-23(27)28/h1-8,13H,9-12,14-16H2. The zero-order valence-corrected chi connectivity index (χ0v) is 16.2. The monoisotopic (exact) mass is 390 g/mol. The van der Waals surface area contributed by atoms with Crippen LogP contribution >= 0.6 is 0 Å². The van der Waals surface area contributed by atoms with Crippen LogP contribution in [0.1, 0.15) is 22.4 Å². The van der Waals surface area contributed by atoms with Gasteiger partial charge in [-0.3, -0.25) is 9.69 Å². The Labute approximate surface area is 169 Å². The number of benzene rings is 2. The van der Waals surface area contributed by atoms with Crippen molar-refractivity contribution in [1.82, 2.24) is 14.5 Å².